The van der Waals surface area contributed by atoms with Crippen molar-refractivity contribution in [3.8, 4) is 0 Å². The Morgan fingerprint density at radius 2 is 1.85 bits per heavy atom. The number of hydrogen-bond donors (Lipinski definition) is 1. The third kappa shape index (κ3) is 5.31. The number of carbonyl (C=O) groups is 2. The van der Waals surface area contributed by atoms with Gasteiger partial charge in [0, 0.05) is 41.2 Å². The lowest BCUT2D eigenvalue weighted by Gasteiger charge is -2.34. The second kappa shape index (κ2) is 8.87. The van der Waals surface area contributed by atoms with Crippen molar-refractivity contribution in [1.29, 1.82) is 0 Å². The van der Waals surface area contributed by atoms with Gasteiger partial charge in [0.1, 0.15) is 0 Å². The van der Waals surface area contributed by atoms with E-state index in [9.17, 15) is 9.59 Å². The monoisotopic (exact) mass is 449 g/mol. The molecule has 0 atom stereocenters. The Hall–Kier alpha value is -1.89. The van der Waals surface area contributed by atoms with Crippen molar-refractivity contribution in [2.24, 2.45) is 0 Å². The highest BCUT2D eigenvalue weighted by atomic mass is 79.9. The number of halogens is 2. The molecule has 0 aliphatic carbocycles. The van der Waals surface area contributed by atoms with Crippen LogP contribution >= 0.6 is 27.5 Å². The van der Waals surface area contributed by atoms with Crippen molar-refractivity contribution >= 4 is 45.0 Å². The Morgan fingerprint density at radius 1 is 1.11 bits per heavy atom. The summed E-state index contributed by atoms with van der Waals surface area (Å²) < 4.78 is 0.868. The van der Waals surface area contributed by atoms with Gasteiger partial charge in [-0.25, -0.2) is 0 Å². The van der Waals surface area contributed by atoms with E-state index in [0.717, 1.165) is 15.7 Å². The van der Waals surface area contributed by atoms with Crippen molar-refractivity contribution in [2.45, 2.75) is 6.92 Å². The maximum Gasteiger partial charge on any atom is 0.253 e. The Balaban J connectivity index is 1.50. The maximum atomic E-state index is 12.6. The van der Waals surface area contributed by atoms with Crippen molar-refractivity contribution in [2.75, 3.05) is 38.0 Å². The van der Waals surface area contributed by atoms with Gasteiger partial charge in [-0.15, -0.1) is 0 Å². The second-order valence-corrected chi connectivity index (χ2v) is 7.90. The molecule has 0 radical (unpaired) electrons. The maximum absolute atomic E-state index is 12.6. The minimum absolute atomic E-state index is 0.0230. The van der Waals surface area contributed by atoms with Crippen LogP contribution in [0.2, 0.25) is 5.02 Å². The Morgan fingerprint density at radius 3 is 2.52 bits per heavy atom. The largest absolute Gasteiger partial charge is 0.336 e. The standard InChI is InChI=1S/C20H21BrClN3O2/c1-14-5-6-18(17(21)11-14)23-19(26)13-24-7-9-25(10-8-24)20(27)15-3-2-4-16(22)12-15/h2-6,11-12H,7-10,13H2,1H3,(H,23,26). The molecule has 1 aliphatic rings. The molecule has 0 bridgehead atoms. The molecule has 7 heteroatoms. The number of hydrogen-bond acceptors (Lipinski definition) is 3. The fourth-order valence-electron chi connectivity index (χ4n) is 3.03. The van der Waals surface area contributed by atoms with E-state index in [4.69, 9.17) is 11.6 Å². The zero-order valence-corrected chi connectivity index (χ0v) is 17.4. The fraction of sp³-hybridized carbons (Fsp3) is 0.300. The quantitative estimate of drug-likeness (QED) is 0.771. The summed E-state index contributed by atoms with van der Waals surface area (Å²) in [6.07, 6.45) is 0. The molecule has 1 heterocycles. The van der Waals surface area contributed by atoms with Crippen LogP contribution < -0.4 is 5.32 Å². The van der Waals surface area contributed by atoms with Gasteiger partial charge in [-0.2, -0.15) is 0 Å². The molecule has 27 heavy (non-hydrogen) atoms. The third-order valence-electron chi connectivity index (χ3n) is 4.50. The first kappa shape index (κ1) is 19.9. The van der Waals surface area contributed by atoms with E-state index in [-0.39, 0.29) is 11.8 Å². The fourth-order valence-corrected chi connectivity index (χ4v) is 3.81. The topological polar surface area (TPSA) is 52.7 Å². The molecule has 0 saturated carbocycles. The highest BCUT2D eigenvalue weighted by Gasteiger charge is 2.23. The van der Waals surface area contributed by atoms with E-state index in [1.54, 1.807) is 29.2 Å². The molecule has 5 nitrogen and oxygen atoms in total. The zero-order chi connectivity index (χ0) is 19.4. The molecular formula is C20H21BrClN3O2. The number of nitrogens with one attached hydrogen (secondary N) is 1. The van der Waals surface area contributed by atoms with E-state index in [2.05, 4.69) is 26.1 Å². The molecule has 0 aromatic heterocycles. The van der Waals surface area contributed by atoms with Gasteiger partial charge in [0.15, 0.2) is 0 Å². The Bertz CT molecular complexity index is 851. The number of amides is 2. The predicted molar refractivity (Wildman–Crippen MR) is 111 cm³/mol. The second-order valence-electron chi connectivity index (χ2n) is 6.61. The average Bonchev–Trinajstić information content (AvgIpc) is 2.64. The van der Waals surface area contributed by atoms with E-state index in [1.807, 2.05) is 25.1 Å². The van der Waals surface area contributed by atoms with Crippen LogP contribution in [0.1, 0.15) is 15.9 Å². The zero-order valence-electron chi connectivity index (χ0n) is 15.0. The minimum atomic E-state index is -0.0610. The van der Waals surface area contributed by atoms with Crippen LogP contribution in [-0.4, -0.2) is 54.3 Å². The van der Waals surface area contributed by atoms with Gasteiger partial charge in [0.25, 0.3) is 5.91 Å². The van der Waals surface area contributed by atoms with E-state index in [0.29, 0.717) is 43.3 Å². The first-order valence-corrected chi connectivity index (χ1v) is 9.92. The van der Waals surface area contributed by atoms with Crippen molar-refractivity contribution < 1.29 is 9.59 Å². The molecule has 3 rings (SSSR count). The van der Waals surface area contributed by atoms with E-state index >= 15 is 0 Å². The van der Waals surface area contributed by atoms with Crippen LogP contribution in [-0.2, 0) is 4.79 Å². The van der Waals surface area contributed by atoms with Crippen LogP contribution in [0.5, 0.6) is 0 Å². The van der Waals surface area contributed by atoms with Crippen molar-refractivity contribution in [1.82, 2.24) is 9.80 Å². The van der Waals surface area contributed by atoms with Crippen molar-refractivity contribution in [3.05, 3.63) is 63.1 Å². The van der Waals surface area contributed by atoms with Gasteiger partial charge in [-0.05, 0) is 58.7 Å². The van der Waals surface area contributed by atoms with Crippen molar-refractivity contribution in [3.63, 3.8) is 0 Å². The van der Waals surface area contributed by atoms with Gasteiger partial charge >= 0.3 is 0 Å². The SMILES string of the molecule is Cc1ccc(NC(=O)CN2CCN(C(=O)c3cccc(Cl)c3)CC2)c(Br)c1. The van der Waals surface area contributed by atoms with Gasteiger partial charge in [-0.1, -0.05) is 23.7 Å². The highest BCUT2D eigenvalue weighted by Crippen LogP contribution is 2.23. The first-order chi connectivity index (χ1) is 12.9. The molecule has 1 fully saturated rings. The number of nitrogens with zero attached hydrogens (tertiary/aromatic N) is 2. The van der Waals surface area contributed by atoms with Gasteiger partial charge in [0.2, 0.25) is 5.91 Å². The minimum Gasteiger partial charge on any atom is -0.336 e. The molecular weight excluding hydrogens is 430 g/mol. The lowest BCUT2D eigenvalue weighted by atomic mass is 10.2. The van der Waals surface area contributed by atoms with Crippen LogP contribution in [0.4, 0.5) is 5.69 Å². The average molecular weight is 451 g/mol. The van der Waals surface area contributed by atoms with Gasteiger partial charge in [-0.3, -0.25) is 14.5 Å². The van der Waals surface area contributed by atoms with Crippen LogP contribution in [0, 0.1) is 6.92 Å². The number of benzene rings is 2. The van der Waals surface area contributed by atoms with Crippen LogP contribution in [0.3, 0.4) is 0 Å². The molecule has 2 aromatic rings. The predicted octanol–water partition coefficient (Wildman–Crippen LogP) is 3.81. The molecule has 142 valence electrons. The summed E-state index contributed by atoms with van der Waals surface area (Å²) in [4.78, 5) is 28.7. The summed E-state index contributed by atoms with van der Waals surface area (Å²) in [5.41, 5.74) is 2.48. The van der Waals surface area contributed by atoms with E-state index in [1.165, 1.54) is 0 Å². The summed E-state index contributed by atoms with van der Waals surface area (Å²) in [6.45, 7) is 4.81. The molecule has 1 N–H and O–H groups in total. The lowest BCUT2D eigenvalue weighted by Crippen LogP contribution is -2.50. The summed E-state index contributed by atoms with van der Waals surface area (Å²) in [5, 5.41) is 3.48. The van der Waals surface area contributed by atoms with Gasteiger partial charge < -0.3 is 10.2 Å². The van der Waals surface area contributed by atoms with Gasteiger partial charge in [0.05, 0.1) is 12.2 Å². The molecule has 1 aliphatic heterocycles. The number of anilines is 1. The third-order valence-corrected chi connectivity index (χ3v) is 5.39. The molecule has 2 amide bonds. The van der Waals surface area contributed by atoms with Crippen LogP contribution in [0.15, 0.2) is 46.9 Å². The number of aryl methyl sites for hydroxylation is 1. The first-order valence-electron chi connectivity index (χ1n) is 8.75. The Labute approximate surface area is 172 Å². The summed E-state index contributed by atoms with van der Waals surface area (Å²) in [5.74, 6) is -0.0839. The molecule has 2 aromatic carbocycles. The highest BCUT2D eigenvalue weighted by molar-refractivity contribution is 9.10. The molecule has 0 spiro atoms. The molecule has 1 saturated heterocycles. The van der Waals surface area contributed by atoms with E-state index < -0.39 is 0 Å². The lowest BCUT2D eigenvalue weighted by molar-refractivity contribution is -0.117. The summed E-state index contributed by atoms with van der Waals surface area (Å²) in [6, 6.07) is 12.8. The summed E-state index contributed by atoms with van der Waals surface area (Å²) >= 11 is 9.44. The number of rotatable bonds is 4. The number of carbonyl (C=O) groups excluding carboxylic acids is 2. The smallest absolute Gasteiger partial charge is 0.253 e. The number of piperazine rings is 1. The summed E-state index contributed by atoms with van der Waals surface area (Å²) in [7, 11) is 0. The normalized spacial score (nSPS) is 14.9. The Kier molecular flexibility index (Phi) is 6.52. The molecule has 0 unspecified atom stereocenters. The van der Waals surface area contributed by atoms with Crippen LogP contribution in [0.25, 0.3) is 0 Å².